The average Bonchev–Trinajstić information content (AvgIpc) is 2.18. The Morgan fingerprint density at radius 2 is 1.93 bits per heavy atom. The molecule has 4 nitrogen and oxygen atoms in total. The van der Waals surface area contributed by atoms with Crippen LogP contribution >= 0.6 is 0 Å². The van der Waals surface area contributed by atoms with Crippen molar-refractivity contribution in [3.8, 4) is 0 Å². The predicted octanol–water partition coefficient (Wildman–Crippen LogP) is 2.16. The molecule has 4 heteroatoms. The molecule has 0 rings (SSSR count). The van der Waals surface area contributed by atoms with Crippen molar-refractivity contribution in [3.05, 3.63) is 24.8 Å². The maximum absolute atomic E-state index is 10.7. The molecule has 0 aliphatic carbocycles. The Morgan fingerprint density at radius 3 is 2.20 bits per heavy atom. The number of rotatable bonds is 5. The summed E-state index contributed by atoms with van der Waals surface area (Å²) >= 11 is 0. The highest BCUT2D eigenvalue weighted by molar-refractivity contribution is 5.86. The Balaban J connectivity index is 0. The number of hydrogen-bond donors (Lipinski definition) is 1. The van der Waals surface area contributed by atoms with Gasteiger partial charge in [0.1, 0.15) is 0 Å². The van der Waals surface area contributed by atoms with E-state index in [1.54, 1.807) is 6.92 Å². The summed E-state index contributed by atoms with van der Waals surface area (Å²) in [5.41, 5.74) is 0.469. The first-order chi connectivity index (χ1) is 6.95. The SMILES string of the molecule is C=C(C)C(=O)OCCCC.C=CC(=O)O. The van der Waals surface area contributed by atoms with Gasteiger partial charge in [0.05, 0.1) is 6.61 Å². The molecule has 1 N–H and O–H groups in total. The maximum Gasteiger partial charge on any atom is 0.333 e. The molecule has 0 aromatic carbocycles. The standard InChI is InChI=1S/C8H14O2.C3H4O2/c1-4-5-6-10-8(9)7(2)3;1-2-3(4)5/h2,4-6H2,1,3H3;2H,1H2,(H,4,5). The molecule has 86 valence electrons. The molecule has 0 heterocycles. The van der Waals surface area contributed by atoms with Crippen molar-refractivity contribution in [2.45, 2.75) is 26.7 Å². The van der Waals surface area contributed by atoms with Crippen LogP contribution in [0.3, 0.4) is 0 Å². The van der Waals surface area contributed by atoms with Gasteiger partial charge in [-0.25, -0.2) is 9.59 Å². The van der Waals surface area contributed by atoms with Crippen LogP contribution in [-0.2, 0) is 14.3 Å². The van der Waals surface area contributed by atoms with E-state index in [2.05, 4.69) is 20.1 Å². The summed E-state index contributed by atoms with van der Waals surface area (Å²) in [6, 6.07) is 0. The van der Waals surface area contributed by atoms with E-state index in [1.807, 2.05) is 0 Å². The Labute approximate surface area is 90.2 Å². The number of unbranched alkanes of at least 4 members (excludes halogenated alkanes) is 1. The Hall–Kier alpha value is -1.58. The van der Waals surface area contributed by atoms with Crippen LogP contribution in [0.4, 0.5) is 0 Å². The van der Waals surface area contributed by atoms with Gasteiger partial charge in [-0.2, -0.15) is 0 Å². The molecule has 0 bridgehead atoms. The summed E-state index contributed by atoms with van der Waals surface area (Å²) in [6.07, 6.45) is 2.81. The summed E-state index contributed by atoms with van der Waals surface area (Å²) in [7, 11) is 0. The number of ether oxygens (including phenoxy) is 1. The monoisotopic (exact) mass is 214 g/mol. The number of carbonyl (C=O) groups excluding carboxylic acids is 1. The zero-order valence-corrected chi connectivity index (χ0v) is 9.28. The van der Waals surface area contributed by atoms with Gasteiger partial charge in [0, 0.05) is 11.6 Å². The van der Waals surface area contributed by atoms with Gasteiger partial charge >= 0.3 is 11.9 Å². The van der Waals surface area contributed by atoms with Crippen molar-refractivity contribution in [1.29, 1.82) is 0 Å². The quantitative estimate of drug-likeness (QED) is 0.432. The molecule has 15 heavy (non-hydrogen) atoms. The van der Waals surface area contributed by atoms with Gasteiger partial charge in [0.2, 0.25) is 0 Å². The van der Waals surface area contributed by atoms with Crippen LogP contribution in [0.1, 0.15) is 26.7 Å². The first-order valence-electron chi connectivity index (χ1n) is 4.63. The molecule has 0 atom stereocenters. The summed E-state index contributed by atoms with van der Waals surface area (Å²) in [4.78, 5) is 19.9. The van der Waals surface area contributed by atoms with Gasteiger partial charge in [-0.1, -0.05) is 26.5 Å². The largest absolute Gasteiger partial charge is 0.478 e. The van der Waals surface area contributed by atoms with Crippen LogP contribution < -0.4 is 0 Å². The number of esters is 1. The highest BCUT2D eigenvalue weighted by Gasteiger charge is 2.00. The van der Waals surface area contributed by atoms with E-state index in [0.29, 0.717) is 12.2 Å². The van der Waals surface area contributed by atoms with Crippen LogP contribution in [-0.4, -0.2) is 23.7 Å². The van der Waals surface area contributed by atoms with Crippen molar-refractivity contribution in [1.82, 2.24) is 0 Å². The number of carboxylic acids is 1. The van der Waals surface area contributed by atoms with E-state index in [9.17, 15) is 9.59 Å². The summed E-state index contributed by atoms with van der Waals surface area (Å²) in [5, 5.41) is 7.60. The predicted molar refractivity (Wildman–Crippen MR) is 58.5 cm³/mol. The molecule has 0 aromatic rings. The molecule has 0 aliphatic rings. The molecule has 0 radical (unpaired) electrons. The molecule has 0 amide bonds. The maximum atomic E-state index is 10.7. The molecule has 0 spiro atoms. The Kier molecular flexibility index (Phi) is 11.1. The van der Waals surface area contributed by atoms with E-state index in [4.69, 9.17) is 9.84 Å². The fraction of sp³-hybridized carbons (Fsp3) is 0.455. The second kappa shape index (κ2) is 10.5. The highest BCUT2D eigenvalue weighted by atomic mass is 16.5. The smallest absolute Gasteiger partial charge is 0.333 e. The lowest BCUT2D eigenvalue weighted by Gasteiger charge is -2.01. The van der Waals surface area contributed by atoms with Crippen LogP contribution in [0.15, 0.2) is 24.8 Å². The van der Waals surface area contributed by atoms with Crippen molar-refractivity contribution >= 4 is 11.9 Å². The zero-order valence-electron chi connectivity index (χ0n) is 9.28. The minimum absolute atomic E-state index is 0.284. The van der Waals surface area contributed by atoms with E-state index < -0.39 is 5.97 Å². The van der Waals surface area contributed by atoms with Crippen molar-refractivity contribution in [2.75, 3.05) is 6.61 Å². The van der Waals surface area contributed by atoms with Gasteiger partial charge in [-0.15, -0.1) is 0 Å². The third kappa shape index (κ3) is 15.2. The lowest BCUT2D eigenvalue weighted by atomic mass is 10.3. The van der Waals surface area contributed by atoms with E-state index in [-0.39, 0.29) is 5.97 Å². The molecular weight excluding hydrogens is 196 g/mol. The normalized spacial score (nSPS) is 8.13. The number of aliphatic carboxylic acids is 1. The Morgan fingerprint density at radius 1 is 1.47 bits per heavy atom. The third-order valence-electron chi connectivity index (χ3n) is 1.25. The van der Waals surface area contributed by atoms with Crippen LogP contribution in [0.25, 0.3) is 0 Å². The van der Waals surface area contributed by atoms with Gasteiger partial charge in [-0.3, -0.25) is 0 Å². The fourth-order valence-corrected chi connectivity index (χ4v) is 0.432. The van der Waals surface area contributed by atoms with E-state index >= 15 is 0 Å². The minimum Gasteiger partial charge on any atom is -0.478 e. The topological polar surface area (TPSA) is 63.6 Å². The number of hydrogen-bond acceptors (Lipinski definition) is 3. The highest BCUT2D eigenvalue weighted by Crippen LogP contribution is 1.94. The molecule has 0 saturated heterocycles. The van der Waals surface area contributed by atoms with Crippen LogP contribution in [0.2, 0.25) is 0 Å². The van der Waals surface area contributed by atoms with Gasteiger partial charge < -0.3 is 9.84 Å². The van der Waals surface area contributed by atoms with Crippen LogP contribution in [0, 0.1) is 0 Å². The molecule has 0 fully saturated rings. The molecule has 0 aromatic heterocycles. The van der Waals surface area contributed by atoms with Crippen molar-refractivity contribution in [2.24, 2.45) is 0 Å². The second-order valence-corrected chi connectivity index (χ2v) is 2.81. The summed E-state index contributed by atoms with van der Waals surface area (Å²) in [5.74, 6) is -1.27. The van der Waals surface area contributed by atoms with Gasteiger partial charge in [-0.05, 0) is 13.3 Å². The van der Waals surface area contributed by atoms with E-state index in [0.717, 1.165) is 18.9 Å². The van der Waals surface area contributed by atoms with E-state index in [1.165, 1.54) is 0 Å². The third-order valence-corrected chi connectivity index (χ3v) is 1.25. The summed E-state index contributed by atoms with van der Waals surface area (Å²) < 4.78 is 4.81. The van der Waals surface area contributed by atoms with Gasteiger partial charge in [0.15, 0.2) is 0 Å². The molecular formula is C11H18O4. The molecule has 0 saturated carbocycles. The Bertz CT molecular complexity index is 231. The molecule has 0 aliphatic heterocycles. The number of carboxylic acid groups (broad SMARTS) is 1. The molecule has 0 unspecified atom stereocenters. The summed E-state index contributed by atoms with van der Waals surface area (Å²) in [6.45, 7) is 10.6. The zero-order chi connectivity index (χ0) is 12.3. The lowest BCUT2D eigenvalue weighted by molar-refractivity contribution is -0.139. The first-order valence-corrected chi connectivity index (χ1v) is 4.63. The van der Waals surface area contributed by atoms with Crippen LogP contribution in [0.5, 0.6) is 0 Å². The fourth-order valence-electron chi connectivity index (χ4n) is 0.432. The lowest BCUT2D eigenvalue weighted by Crippen LogP contribution is -2.05. The van der Waals surface area contributed by atoms with Gasteiger partial charge in [0.25, 0.3) is 0 Å². The number of carbonyl (C=O) groups is 2. The first kappa shape index (κ1) is 15.9. The van der Waals surface area contributed by atoms with Crippen molar-refractivity contribution in [3.63, 3.8) is 0 Å². The van der Waals surface area contributed by atoms with Crippen molar-refractivity contribution < 1.29 is 19.4 Å². The average molecular weight is 214 g/mol. The minimum atomic E-state index is -0.981. The second-order valence-electron chi connectivity index (χ2n) is 2.81.